The Hall–Kier alpha value is -2.55. The van der Waals surface area contributed by atoms with Crippen molar-refractivity contribution in [2.75, 3.05) is 0 Å². The average Bonchev–Trinajstić information content (AvgIpc) is 2.88. The molecule has 1 aromatic heterocycles. The van der Waals surface area contributed by atoms with Crippen molar-refractivity contribution in [1.82, 2.24) is 9.88 Å². The van der Waals surface area contributed by atoms with Gasteiger partial charge in [0.1, 0.15) is 0 Å². The number of hydrogen-bond donors (Lipinski definition) is 1. The van der Waals surface area contributed by atoms with Crippen molar-refractivity contribution in [1.29, 1.82) is 0 Å². The van der Waals surface area contributed by atoms with E-state index in [1.165, 1.54) is 16.6 Å². The van der Waals surface area contributed by atoms with Crippen molar-refractivity contribution in [2.24, 2.45) is 7.05 Å². The zero-order valence-electron chi connectivity index (χ0n) is 14.5. The standard InChI is InChI=1S/C21H24N2O/c1-4-19(17-8-6-5-7-9-17)21(24)22-14-16-10-11-20-18(13-16)12-15(2)23(20)3/h5-13,19H,4,14H2,1-3H3,(H,22,24). The van der Waals surface area contributed by atoms with Crippen LogP contribution in [0.25, 0.3) is 10.9 Å². The minimum absolute atomic E-state index is 0.0890. The molecule has 1 atom stereocenters. The summed E-state index contributed by atoms with van der Waals surface area (Å²) in [5, 5.41) is 4.31. The maximum absolute atomic E-state index is 12.6. The van der Waals surface area contributed by atoms with Gasteiger partial charge in [0.15, 0.2) is 0 Å². The normalized spacial score (nSPS) is 12.3. The molecule has 1 N–H and O–H groups in total. The van der Waals surface area contributed by atoms with Gasteiger partial charge in [-0.15, -0.1) is 0 Å². The Labute approximate surface area is 143 Å². The second-order valence-electron chi connectivity index (χ2n) is 6.33. The number of benzene rings is 2. The molecule has 0 aliphatic carbocycles. The molecule has 0 aliphatic heterocycles. The maximum atomic E-state index is 12.6. The van der Waals surface area contributed by atoms with Crippen LogP contribution in [0.2, 0.25) is 0 Å². The number of nitrogens with one attached hydrogen (secondary N) is 1. The van der Waals surface area contributed by atoms with Crippen molar-refractivity contribution >= 4 is 16.8 Å². The third kappa shape index (κ3) is 3.21. The van der Waals surface area contributed by atoms with E-state index >= 15 is 0 Å². The van der Waals surface area contributed by atoms with Gasteiger partial charge in [-0.3, -0.25) is 4.79 Å². The largest absolute Gasteiger partial charge is 0.351 e. The highest BCUT2D eigenvalue weighted by atomic mass is 16.1. The first-order chi connectivity index (χ1) is 11.6. The molecule has 2 aromatic carbocycles. The lowest BCUT2D eigenvalue weighted by atomic mass is 9.95. The maximum Gasteiger partial charge on any atom is 0.227 e. The summed E-state index contributed by atoms with van der Waals surface area (Å²) in [6, 6.07) is 18.5. The van der Waals surface area contributed by atoms with Gasteiger partial charge in [-0.25, -0.2) is 0 Å². The Bertz CT molecular complexity index is 849. The highest BCUT2D eigenvalue weighted by Crippen LogP contribution is 2.21. The van der Waals surface area contributed by atoms with Crippen molar-refractivity contribution in [2.45, 2.75) is 32.7 Å². The van der Waals surface area contributed by atoms with Gasteiger partial charge < -0.3 is 9.88 Å². The summed E-state index contributed by atoms with van der Waals surface area (Å²) < 4.78 is 2.18. The molecule has 0 radical (unpaired) electrons. The SMILES string of the molecule is CCC(C(=O)NCc1ccc2c(c1)cc(C)n2C)c1ccccc1. The Morgan fingerprint density at radius 3 is 2.58 bits per heavy atom. The van der Waals surface area contributed by atoms with Crippen LogP contribution in [-0.2, 0) is 18.4 Å². The summed E-state index contributed by atoms with van der Waals surface area (Å²) in [4.78, 5) is 12.6. The lowest BCUT2D eigenvalue weighted by molar-refractivity contribution is -0.122. The minimum atomic E-state index is -0.0890. The summed E-state index contributed by atoms with van der Waals surface area (Å²) in [6.07, 6.45) is 0.798. The Kier molecular flexibility index (Phi) is 4.70. The third-order valence-electron chi connectivity index (χ3n) is 4.74. The Morgan fingerprint density at radius 2 is 1.88 bits per heavy atom. The van der Waals surface area contributed by atoms with Gasteiger partial charge in [-0.2, -0.15) is 0 Å². The van der Waals surface area contributed by atoms with Crippen LogP contribution in [0.1, 0.15) is 36.1 Å². The fourth-order valence-electron chi connectivity index (χ4n) is 3.22. The van der Waals surface area contributed by atoms with E-state index < -0.39 is 0 Å². The van der Waals surface area contributed by atoms with Gasteiger partial charge >= 0.3 is 0 Å². The van der Waals surface area contributed by atoms with E-state index in [9.17, 15) is 4.79 Å². The molecular formula is C21H24N2O. The predicted octanol–water partition coefficient (Wildman–Crippen LogP) is 4.30. The van der Waals surface area contributed by atoms with E-state index in [-0.39, 0.29) is 11.8 Å². The molecule has 1 heterocycles. The second kappa shape index (κ2) is 6.91. The van der Waals surface area contributed by atoms with E-state index in [1.807, 2.05) is 30.3 Å². The van der Waals surface area contributed by atoms with E-state index in [2.05, 4.69) is 55.0 Å². The fourth-order valence-corrected chi connectivity index (χ4v) is 3.22. The number of rotatable bonds is 5. The summed E-state index contributed by atoms with van der Waals surface area (Å²) in [6.45, 7) is 4.72. The van der Waals surface area contributed by atoms with Crippen LogP contribution in [0.4, 0.5) is 0 Å². The molecule has 24 heavy (non-hydrogen) atoms. The molecule has 0 fully saturated rings. The van der Waals surface area contributed by atoms with Crippen LogP contribution in [0, 0.1) is 6.92 Å². The van der Waals surface area contributed by atoms with Gasteiger partial charge in [0.25, 0.3) is 0 Å². The van der Waals surface area contributed by atoms with Crippen LogP contribution < -0.4 is 5.32 Å². The molecule has 3 nitrogen and oxygen atoms in total. The van der Waals surface area contributed by atoms with Gasteiger partial charge in [0.2, 0.25) is 5.91 Å². The van der Waals surface area contributed by atoms with Crippen LogP contribution in [0.3, 0.4) is 0 Å². The van der Waals surface area contributed by atoms with Crippen LogP contribution in [0.15, 0.2) is 54.6 Å². The van der Waals surface area contributed by atoms with E-state index in [0.717, 1.165) is 17.5 Å². The molecule has 1 unspecified atom stereocenters. The van der Waals surface area contributed by atoms with Crippen molar-refractivity contribution in [3.05, 3.63) is 71.4 Å². The molecule has 0 bridgehead atoms. The zero-order valence-corrected chi connectivity index (χ0v) is 14.5. The molecule has 3 heteroatoms. The van der Waals surface area contributed by atoms with Crippen LogP contribution >= 0.6 is 0 Å². The summed E-state index contributed by atoms with van der Waals surface area (Å²) in [5.74, 6) is 0.00180. The highest BCUT2D eigenvalue weighted by Gasteiger charge is 2.17. The lowest BCUT2D eigenvalue weighted by Crippen LogP contribution is -2.28. The Balaban J connectivity index is 1.71. The summed E-state index contributed by atoms with van der Waals surface area (Å²) in [5.41, 5.74) is 4.66. The summed E-state index contributed by atoms with van der Waals surface area (Å²) >= 11 is 0. The molecular weight excluding hydrogens is 296 g/mol. The van der Waals surface area contributed by atoms with Crippen molar-refractivity contribution in [3.8, 4) is 0 Å². The highest BCUT2D eigenvalue weighted by molar-refractivity contribution is 5.84. The van der Waals surface area contributed by atoms with Gasteiger partial charge in [0.05, 0.1) is 5.92 Å². The van der Waals surface area contributed by atoms with Crippen LogP contribution in [-0.4, -0.2) is 10.5 Å². The Morgan fingerprint density at radius 1 is 1.12 bits per heavy atom. The third-order valence-corrected chi connectivity index (χ3v) is 4.74. The first-order valence-electron chi connectivity index (χ1n) is 8.47. The topological polar surface area (TPSA) is 34.0 Å². The summed E-state index contributed by atoms with van der Waals surface area (Å²) in [7, 11) is 2.07. The number of fused-ring (bicyclic) bond motifs is 1. The predicted molar refractivity (Wildman–Crippen MR) is 99.0 cm³/mol. The monoisotopic (exact) mass is 320 g/mol. The number of amides is 1. The minimum Gasteiger partial charge on any atom is -0.351 e. The molecule has 1 amide bonds. The first kappa shape index (κ1) is 16.3. The van der Waals surface area contributed by atoms with Gasteiger partial charge in [0, 0.05) is 30.2 Å². The van der Waals surface area contributed by atoms with E-state index in [4.69, 9.17) is 0 Å². The number of hydrogen-bond acceptors (Lipinski definition) is 1. The van der Waals surface area contributed by atoms with E-state index in [0.29, 0.717) is 6.54 Å². The average molecular weight is 320 g/mol. The quantitative estimate of drug-likeness (QED) is 0.747. The fraction of sp³-hybridized carbons (Fsp3) is 0.286. The number of aromatic nitrogens is 1. The molecule has 0 saturated carbocycles. The molecule has 124 valence electrons. The molecule has 0 aliphatic rings. The lowest BCUT2D eigenvalue weighted by Gasteiger charge is -2.15. The molecule has 3 rings (SSSR count). The van der Waals surface area contributed by atoms with Crippen molar-refractivity contribution < 1.29 is 4.79 Å². The molecule has 0 spiro atoms. The first-order valence-corrected chi connectivity index (χ1v) is 8.47. The molecule has 0 saturated heterocycles. The smallest absolute Gasteiger partial charge is 0.227 e. The van der Waals surface area contributed by atoms with Crippen molar-refractivity contribution in [3.63, 3.8) is 0 Å². The van der Waals surface area contributed by atoms with Crippen LogP contribution in [0.5, 0.6) is 0 Å². The number of aryl methyl sites for hydroxylation is 2. The van der Waals surface area contributed by atoms with E-state index in [1.54, 1.807) is 0 Å². The van der Waals surface area contributed by atoms with Gasteiger partial charge in [-0.05, 0) is 42.7 Å². The zero-order chi connectivity index (χ0) is 17.1. The molecule has 3 aromatic rings. The van der Waals surface area contributed by atoms with Gasteiger partial charge in [-0.1, -0.05) is 43.3 Å². The number of carbonyl (C=O) groups excluding carboxylic acids is 1. The number of carbonyl (C=O) groups is 1. The second-order valence-corrected chi connectivity index (χ2v) is 6.33. The number of nitrogens with zero attached hydrogens (tertiary/aromatic N) is 1.